The van der Waals surface area contributed by atoms with Crippen molar-refractivity contribution < 1.29 is 9.53 Å². The van der Waals surface area contributed by atoms with Gasteiger partial charge in [0.05, 0.1) is 18.8 Å². The molecular formula is C15H24N4O2. The summed E-state index contributed by atoms with van der Waals surface area (Å²) in [5.41, 5.74) is 0.599. The van der Waals surface area contributed by atoms with Crippen molar-refractivity contribution in [1.29, 1.82) is 0 Å². The van der Waals surface area contributed by atoms with Crippen LogP contribution < -0.4 is 10.6 Å². The summed E-state index contributed by atoms with van der Waals surface area (Å²) in [6, 6.07) is 3.65. The van der Waals surface area contributed by atoms with Crippen molar-refractivity contribution in [1.82, 2.24) is 15.2 Å². The normalized spacial score (nSPS) is 15.7. The second kappa shape index (κ2) is 8.59. The fourth-order valence-corrected chi connectivity index (χ4v) is 2.14. The summed E-state index contributed by atoms with van der Waals surface area (Å²) >= 11 is 0. The Morgan fingerprint density at radius 2 is 2.14 bits per heavy atom. The number of anilines is 1. The lowest BCUT2D eigenvalue weighted by molar-refractivity contribution is 0.0398. The molecule has 1 aliphatic rings. The predicted molar refractivity (Wildman–Crippen MR) is 82.6 cm³/mol. The number of nitrogens with zero attached hydrogens (tertiary/aromatic N) is 2. The molecule has 0 spiro atoms. The van der Waals surface area contributed by atoms with Gasteiger partial charge in [-0.25, -0.2) is 4.98 Å². The standard InChI is InChI=1S/C15H24N4O2/c1-2-5-17-15(20)13-3-4-14(18-12-13)16-6-7-19-8-10-21-11-9-19/h3-4,12H,2,5-11H2,1H3,(H,16,18)(H,17,20). The number of nitrogens with one attached hydrogen (secondary N) is 2. The van der Waals surface area contributed by atoms with Crippen LogP contribution in [0.1, 0.15) is 23.7 Å². The van der Waals surface area contributed by atoms with Crippen LogP contribution in [0, 0.1) is 0 Å². The van der Waals surface area contributed by atoms with Gasteiger partial charge in [0.25, 0.3) is 5.91 Å². The van der Waals surface area contributed by atoms with Gasteiger partial charge in [-0.3, -0.25) is 9.69 Å². The molecule has 0 unspecified atom stereocenters. The van der Waals surface area contributed by atoms with E-state index in [2.05, 4.69) is 20.5 Å². The van der Waals surface area contributed by atoms with E-state index in [0.29, 0.717) is 12.1 Å². The smallest absolute Gasteiger partial charge is 0.252 e. The molecule has 1 aromatic heterocycles. The highest BCUT2D eigenvalue weighted by Gasteiger charge is 2.09. The third kappa shape index (κ3) is 5.32. The number of carbonyl (C=O) groups is 1. The van der Waals surface area contributed by atoms with E-state index in [4.69, 9.17) is 4.74 Å². The molecule has 2 rings (SSSR count). The fourth-order valence-electron chi connectivity index (χ4n) is 2.14. The van der Waals surface area contributed by atoms with Crippen molar-refractivity contribution in [2.75, 3.05) is 51.3 Å². The van der Waals surface area contributed by atoms with E-state index < -0.39 is 0 Å². The molecule has 1 fully saturated rings. The van der Waals surface area contributed by atoms with Crippen molar-refractivity contribution in [3.8, 4) is 0 Å². The lowest BCUT2D eigenvalue weighted by Gasteiger charge is -2.26. The SMILES string of the molecule is CCCNC(=O)c1ccc(NCCN2CCOCC2)nc1. The zero-order valence-corrected chi connectivity index (χ0v) is 12.6. The highest BCUT2D eigenvalue weighted by atomic mass is 16.5. The Labute approximate surface area is 125 Å². The number of hydrogen-bond donors (Lipinski definition) is 2. The summed E-state index contributed by atoms with van der Waals surface area (Å²) in [7, 11) is 0. The summed E-state index contributed by atoms with van der Waals surface area (Å²) in [6.07, 6.45) is 2.54. The van der Waals surface area contributed by atoms with E-state index in [-0.39, 0.29) is 5.91 Å². The van der Waals surface area contributed by atoms with Crippen LogP contribution in [0.4, 0.5) is 5.82 Å². The molecule has 0 bridgehead atoms. The van der Waals surface area contributed by atoms with Crippen molar-refractivity contribution in [2.24, 2.45) is 0 Å². The molecule has 116 valence electrons. The molecule has 21 heavy (non-hydrogen) atoms. The summed E-state index contributed by atoms with van der Waals surface area (Å²) < 4.78 is 5.32. The van der Waals surface area contributed by atoms with Crippen molar-refractivity contribution in [3.63, 3.8) is 0 Å². The average Bonchev–Trinajstić information content (AvgIpc) is 2.54. The Morgan fingerprint density at radius 1 is 1.33 bits per heavy atom. The molecule has 1 aliphatic heterocycles. The quantitative estimate of drug-likeness (QED) is 0.784. The van der Waals surface area contributed by atoms with Crippen molar-refractivity contribution >= 4 is 11.7 Å². The Kier molecular flexibility index (Phi) is 6.43. The number of hydrogen-bond acceptors (Lipinski definition) is 5. The maximum atomic E-state index is 11.7. The number of rotatable bonds is 7. The largest absolute Gasteiger partial charge is 0.379 e. The van der Waals surface area contributed by atoms with E-state index in [1.54, 1.807) is 12.3 Å². The van der Waals surface area contributed by atoms with Gasteiger partial charge in [-0.1, -0.05) is 6.92 Å². The molecule has 6 heteroatoms. The van der Waals surface area contributed by atoms with Gasteiger partial charge in [0.15, 0.2) is 0 Å². The van der Waals surface area contributed by atoms with Gasteiger partial charge in [0.1, 0.15) is 5.82 Å². The first-order chi connectivity index (χ1) is 10.3. The zero-order valence-electron chi connectivity index (χ0n) is 12.6. The molecule has 1 saturated heterocycles. The summed E-state index contributed by atoms with van der Waals surface area (Å²) in [6.45, 7) is 8.16. The number of morpholine rings is 1. The van der Waals surface area contributed by atoms with Crippen LogP contribution >= 0.6 is 0 Å². The Morgan fingerprint density at radius 3 is 2.81 bits per heavy atom. The maximum absolute atomic E-state index is 11.7. The van der Waals surface area contributed by atoms with Gasteiger partial charge in [0, 0.05) is 38.9 Å². The summed E-state index contributed by atoms with van der Waals surface area (Å²) in [5.74, 6) is 0.736. The third-order valence-corrected chi connectivity index (χ3v) is 3.40. The number of amides is 1. The van der Waals surface area contributed by atoms with Crippen LogP contribution in [-0.4, -0.2) is 61.7 Å². The first-order valence-corrected chi connectivity index (χ1v) is 7.58. The molecule has 0 aromatic carbocycles. The van der Waals surface area contributed by atoms with Gasteiger partial charge < -0.3 is 15.4 Å². The second-order valence-corrected chi connectivity index (χ2v) is 5.07. The first kappa shape index (κ1) is 15.7. The first-order valence-electron chi connectivity index (χ1n) is 7.58. The minimum absolute atomic E-state index is 0.0655. The number of pyridine rings is 1. The number of carbonyl (C=O) groups excluding carboxylic acids is 1. The molecule has 1 aromatic rings. The van der Waals surface area contributed by atoms with Crippen LogP contribution in [0.2, 0.25) is 0 Å². The minimum Gasteiger partial charge on any atom is -0.379 e. The predicted octanol–water partition coefficient (Wildman–Crippen LogP) is 0.966. The van der Waals surface area contributed by atoms with E-state index in [1.807, 2.05) is 13.0 Å². The Bertz CT molecular complexity index is 430. The monoisotopic (exact) mass is 292 g/mol. The van der Waals surface area contributed by atoms with Gasteiger partial charge in [-0.2, -0.15) is 0 Å². The highest BCUT2D eigenvalue weighted by molar-refractivity contribution is 5.93. The topological polar surface area (TPSA) is 66.5 Å². The minimum atomic E-state index is -0.0655. The van der Waals surface area contributed by atoms with Crippen LogP contribution in [0.25, 0.3) is 0 Å². The molecule has 0 aliphatic carbocycles. The van der Waals surface area contributed by atoms with E-state index in [0.717, 1.165) is 51.6 Å². The zero-order chi connectivity index (χ0) is 14.9. The second-order valence-electron chi connectivity index (χ2n) is 5.07. The number of ether oxygens (including phenoxy) is 1. The van der Waals surface area contributed by atoms with Gasteiger partial charge in [-0.05, 0) is 18.6 Å². The van der Waals surface area contributed by atoms with E-state index in [1.165, 1.54) is 0 Å². The van der Waals surface area contributed by atoms with Crippen LogP contribution in [-0.2, 0) is 4.74 Å². The van der Waals surface area contributed by atoms with Crippen LogP contribution in [0.5, 0.6) is 0 Å². The molecular weight excluding hydrogens is 268 g/mol. The molecule has 0 atom stereocenters. The average molecular weight is 292 g/mol. The van der Waals surface area contributed by atoms with Gasteiger partial charge in [-0.15, -0.1) is 0 Å². The third-order valence-electron chi connectivity index (χ3n) is 3.40. The lowest BCUT2D eigenvalue weighted by Crippen LogP contribution is -2.39. The molecule has 0 radical (unpaired) electrons. The van der Waals surface area contributed by atoms with Crippen molar-refractivity contribution in [3.05, 3.63) is 23.9 Å². The Balaban J connectivity index is 1.72. The maximum Gasteiger partial charge on any atom is 0.252 e. The van der Waals surface area contributed by atoms with Crippen molar-refractivity contribution in [2.45, 2.75) is 13.3 Å². The lowest BCUT2D eigenvalue weighted by atomic mass is 10.2. The highest BCUT2D eigenvalue weighted by Crippen LogP contribution is 2.05. The summed E-state index contributed by atoms with van der Waals surface area (Å²) in [4.78, 5) is 18.4. The molecule has 2 N–H and O–H groups in total. The Hall–Kier alpha value is -1.66. The molecule has 1 amide bonds. The van der Waals surface area contributed by atoms with E-state index in [9.17, 15) is 4.79 Å². The molecule has 0 saturated carbocycles. The molecule has 6 nitrogen and oxygen atoms in total. The van der Waals surface area contributed by atoms with Gasteiger partial charge in [0.2, 0.25) is 0 Å². The van der Waals surface area contributed by atoms with Crippen LogP contribution in [0.15, 0.2) is 18.3 Å². The van der Waals surface area contributed by atoms with Crippen LogP contribution in [0.3, 0.4) is 0 Å². The molecule has 2 heterocycles. The summed E-state index contributed by atoms with van der Waals surface area (Å²) in [5, 5.41) is 6.11. The fraction of sp³-hybridized carbons (Fsp3) is 0.600. The van der Waals surface area contributed by atoms with Gasteiger partial charge >= 0.3 is 0 Å². The van der Waals surface area contributed by atoms with E-state index >= 15 is 0 Å². The number of aromatic nitrogens is 1.